The number of nitrogens with zero attached hydrogens (tertiary/aromatic N) is 3. The van der Waals surface area contributed by atoms with Crippen LogP contribution < -0.4 is 20.7 Å². The summed E-state index contributed by atoms with van der Waals surface area (Å²) >= 11 is 0. The van der Waals surface area contributed by atoms with Gasteiger partial charge in [-0.2, -0.15) is 4.39 Å². The van der Waals surface area contributed by atoms with Crippen LogP contribution in [0, 0.1) is 11.6 Å². The number of anilines is 2. The van der Waals surface area contributed by atoms with Gasteiger partial charge in [0.1, 0.15) is 17.9 Å². The minimum atomic E-state index is -4.97. The van der Waals surface area contributed by atoms with E-state index in [9.17, 15) is 22.4 Å². The number of carbonyl (C=O) groups excluding carboxylic acids is 1. The molecule has 1 fully saturated rings. The lowest BCUT2D eigenvalue weighted by Crippen LogP contribution is -2.41. The Labute approximate surface area is 208 Å². The highest BCUT2D eigenvalue weighted by Gasteiger charge is 2.33. The smallest absolute Gasteiger partial charge is 0.406 e. The van der Waals surface area contributed by atoms with E-state index >= 15 is 4.39 Å². The number of amides is 1. The summed E-state index contributed by atoms with van der Waals surface area (Å²) < 4.78 is 76.9. The van der Waals surface area contributed by atoms with Crippen LogP contribution in [0.1, 0.15) is 22.7 Å². The minimum Gasteiger partial charge on any atom is -0.406 e. The number of rotatable bonds is 8. The average molecular weight is 523 g/mol. The Morgan fingerprint density at radius 1 is 1.14 bits per heavy atom. The highest BCUT2D eigenvalue weighted by Crippen LogP contribution is 2.35. The van der Waals surface area contributed by atoms with Gasteiger partial charge in [-0.1, -0.05) is 30.3 Å². The molecule has 1 atom stereocenters. The Bertz CT molecular complexity index is 1260. The minimum absolute atomic E-state index is 0.00204. The zero-order chi connectivity index (χ0) is 26.6. The number of benzene rings is 2. The summed E-state index contributed by atoms with van der Waals surface area (Å²) in [6, 6.07) is 8.88. The fourth-order valence-electron chi connectivity index (χ4n) is 3.94. The second-order valence-electron chi connectivity index (χ2n) is 8.19. The van der Waals surface area contributed by atoms with Gasteiger partial charge in [-0.25, -0.2) is 14.4 Å². The second kappa shape index (κ2) is 10.9. The molecule has 2 aromatic carbocycles. The van der Waals surface area contributed by atoms with Crippen LogP contribution in [0.15, 0.2) is 48.8 Å². The Morgan fingerprint density at radius 2 is 1.86 bits per heavy atom. The maximum absolute atomic E-state index is 15.4. The van der Waals surface area contributed by atoms with Crippen LogP contribution in [0.5, 0.6) is 5.75 Å². The van der Waals surface area contributed by atoms with Crippen LogP contribution in [0.25, 0.3) is 0 Å². The van der Waals surface area contributed by atoms with Crippen LogP contribution in [0.3, 0.4) is 0 Å². The number of morpholine rings is 1. The predicted molar refractivity (Wildman–Crippen MR) is 123 cm³/mol. The van der Waals surface area contributed by atoms with E-state index in [2.05, 4.69) is 20.0 Å². The Morgan fingerprint density at radius 3 is 2.54 bits per heavy atom. The monoisotopic (exact) mass is 523 g/mol. The van der Waals surface area contributed by atoms with Gasteiger partial charge in [-0.15, -0.1) is 13.2 Å². The summed E-state index contributed by atoms with van der Waals surface area (Å²) in [5.41, 5.74) is 6.72. The number of alkyl halides is 3. The number of primary amides is 1. The average Bonchev–Trinajstić information content (AvgIpc) is 2.83. The van der Waals surface area contributed by atoms with E-state index in [0.29, 0.717) is 6.07 Å². The topological polar surface area (TPSA) is 103 Å². The molecule has 3 aromatic rings. The number of aromatic nitrogens is 2. The number of hydrogen-bond acceptors (Lipinski definition) is 7. The van der Waals surface area contributed by atoms with Crippen molar-refractivity contribution in [3.8, 4) is 5.75 Å². The summed E-state index contributed by atoms with van der Waals surface area (Å²) in [5, 5.41) is 2.89. The number of nitrogens with two attached hydrogens (primary N) is 1. The molecule has 0 saturated carbocycles. The molecular formula is C24H22F5N5O3. The number of nitrogens with one attached hydrogen (secondary N) is 1. The zero-order valence-corrected chi connectivity index (χ0v) is 19.3. The lowest BCUT2D eigenvalue weighted by Gasteiger charge is -2.37. The number of hydrogen-bond donors (Lipinski definition) is 2. The van der Waals surface area contributed by atoms with E-state index in [-0.39, 0.29) is 49.9 Å². The number of carbonyl (C=O) groups is 1. The van der Waals surface area contributed by atoms with Crippen molar-refractivity contribution in [3.05, 3.63) is 77.1 Å². The first kappa shape index (κ1) is 26.1. The molecular weight excluding hydrogens is 501 g/mol. The fourth-order valence-corrected chi connectivity index (χ4v) is 3.94. The molecule has 0 spiro atoms. The van der Waals surface area contributed by atoms with Crippen molar-refractivity contribution < 1.29 is 36.2 Å². The Balaban J connectivity index is 1.53. The molecule has 1 aromatic heterocycles. The van der Waals surface area contributed by atoms with Gasteiger partial charge in [0.2, 0.25) is 11.7 Å². The molecule has 0 radical (unpaired) electrons. The number of halogens is 5. The van der Waals surface area contributed by atoms with E-state index in [4.69, 9.17) is 10.5 Å². The van der Waals surface area contributed by atoms with Crippen molar-refractivity contribution >= 4 is 17.5 Å². The maximum Gasteiger partial charge on any atom is 0.573 e. The van der Waals surface area contributed by atoms with Gasteiger partial charge in [-0.3, -0.25) is 4.79 Å². The molecule has 8 nitrogen and oxygen atoms in total. The van der Waals surface area contributed by atoms with Crippen molar-refractivity contribution in [1.29, 1.82) is 0 Å². The first-order valence-electron chi connectivity index (χ1n) is 11.1. The van der Waals surface area contributed by atoms with Gasteiger partial charge in [0, 0.05) is 24.7 Å². The fraction of sp³-hybridized carbons (Fsp3) is 0.292. The molecule has 4 rings (SSSR count). The molecule has 1 aliphatic heterocycles. The molecule has 0 unspecified atom stereocenters. The van der Waals surface area contributed by atoms with Gasteiger partial charge in [0.25, 0.3) is 0 Å². The molecule has 37 heavy (non-hydrogen) atoms. The van der Waals surface area contributed by atoms with Crippen LogP contribution in [-0.2, 0) is 22.5 Å². The molecule has 0 aliphatic carbocycles. The molecule has 1 saturated heterocycles. The highest BCUT2D eigenvalue weighted by molar-refractivity contribution is 5.76. The molecule has 0 bridgehead atoms. The predicted octanol–water partition coefficient (Wildman–Crippen LogP) is 3.87. The third kappa shape index (κ3) is 6.61. The molecule has 2 heterocycles. The van der Waals surface area contributed by atoms with Crippen molar-refractivity contribution in [2.45, 2.75) is 25.4 Å². The van der Waals surface area contributed by atoms with E-state index in [1.807, 2.05) is 0 Å². The molecule has 13 heteroatoms. The van der Waals surface area contributed by atoms with Crippen molar-refractivity contribution in [2.24, 2.45) is 5.73 Å². The van der Waals surface area contributed by atoms with E-state index in [0.717, 1.165) is 29.6 Å². The second-order valence-corrected chi connectivity index (χ2v) is 8.19. The van der Waals surface area contributed by atoms with Gasteiger partial charge in [0.05, 0.1) is 25.7 Å². The van der Waals surface area contributed by atoms with Crippen molar-refractivity contribution in [1.82, 2.24) is 9.97 Å². The molecule has 3 N–H and O–H groups in total. The highest BCUT2D eigenvalue weighted by atomic mass is 19.4. The van der Waals surface area contributed by atoms with E-state index < -0.39 is 35.7 Å². The number of ether oxygens (including phenoxy) is 2. The lowest BCUT2D eigenvalue weighted by molar-refractivity contribution is -0.274. The van der Waals surface area contributed by atoms with E-state index in [1.165, 1.54) is 4.90 Å². The third-order valence-corrected chi connectivity index (χ3v) is 5.60. The summed E-state index contributed by atoms with van der Waals surface area (Å²) in [7, 11) is 0. The standard InChI is InChI=1S/C24H22F5N5O3/c25-18-10-16(37-24(27,28)29)5-6-17(18)19-12-36-8-7-34(19)23-21(26)22(32-13-33-23)31-11-15-3-1-14(2-4-15)9-20(30)35/h1-6,10,13,19H,7-9,11-12H2,(H2,30,35)(H,31,32,33)/t19-/m1/s1. The molecule has 1 aliphatic rings. The van der Waals surface area contributed by atoms with Gasteiger partial charge in [0.15, 0.2) is 11.6 Å². The van der Waals surface area contributed by atoms with Crippen LogP contribution in [-0.4, -0.2) is 42.0 Å². The van der Waals surface area contributed by atoms with Crippen molar-refractivity contribution in [2.75, 3.05) is 30.0 Å². The SMILES string of the molecule is NC(=O)Cc1ccc(CNc2ncnc(N3CCOC[C@@H]3c3ccc(OC(F)(F)F)cc3F)c2F)cc1. The zero-order valence-electron chi connectivity index (χ0n) is 19.3. The summed E-state index contributed by atoms with van der Waals surface area (Å²) in [5.74, 6) is -3.11. The first-order chi connectivity index (χ1) is 17.6. The largest absolute Gasteiger partial charge is 0.573 e. The molecule has 1 amide bonds. The summed E-state index contributed by atoms with van der Waals surface area (Å²) in [4.78, 5) is 20.5. The summed E-state index contributed by atoms with van der Waals surface area (Å²) in [6.45, 7) is 0.531. The van der Waals surface area contributed by atoms with Crippen LogP contribution >= 0.6 is 0 Å². The Hall–Kier alpha value is -4.00. The normalized spacial score (nSPS) is 15.9. The van der Waals surface area contributed by atoms with Gasteiger partial charge >= 0.3 is 6.36 Å². The van der Waals surface area contributed by atoms with Gasteiger partial charge in [-0.05, 0) is 17.2 Å². The van der Waals surface area contributed by atoms with Crippen molar-refractivity contribution in [3.63, 3.8) is 0 Å². The summed E-state index contributed by atoms with van der Waals surface area (Å²) in [6.07, 6.45) is -3.70. The van der Waals surface area contributed by atoms with E-state index in [1.54, 1.807) is 24.3 Å². The van der Waals surface area contributed by atoms with Crippen LogP contribution in [0.4, 0.5) is 33.6 Å². The van der Waals surface area contributed by atoms with Gasteiger partial charge < -0.3 is 25.4 Å². The molecule has 196 valence electrons. The third-order valence-electron chi connectivity index (χ3n) is 5.60. The lowest BCUT2D eigenvalue weighted by atomic mass is 10.0. The maximum atomic E-state index is 15.4. The van der Waals surface area contributed by atoms with Crippen LogP contribution in [0.2, 0.25) is 0 Å². The Kier molecular flexibility index (Phi) is 7.71. The first-order valence-corrected chi connectivity index (χ1v) is 11.1. The quantitative estimate of drug-likeness (QED) is 0.432.